The zero-order chi connectivity index (χ0) is 10.0. The molecule has 0 N–H and O–H groups in total. The van der Waals surface area contributed by atoms with Crippen molar-refractivity contribution in [3.05, 3.63) is 0 Å². The third kappa shape index (κ3) is 1.61. The molecule has 0 aliphatic carbocycles. The number of rotatable bonds is 3. The molecule has 0 spiro atoms. The van der Waals surface area contributed by atoms with Crippen LogP contribution >= 0.6 is 0 Å². The summed E-state index contributed by atoms with van der Waals surface area (Å²) in [6.45, 7) is 4.76. The van der Waals surface area contributed by atoms with Crippen molar-refractivity contribution in [2.45, 2.75) is 38.0 Å². The molecule has 3 aliphatic heterocycles. The van der Waals surface area contributed by atoms with Crippen LogP contribution in [0.1, 0.15) is 26.2 Å². The Morgan fingerprint density at radius 1 is 1.57 bits per heavy atom. The van der Waals surface area contributed by atoms with Gasteiger partial charge in [0.2, 0.25) is 6.08 Å². The number of hydrogen-bond acceptors (Lipinski definition) is 4. The molecule has 78 valence electrons. The first-order valence-electron chi connectivity index (χ1n) is 5.25. The molecule has 3 fully saturated rings. The number of piperidine rings is 3. The highest BCUT2D eigenvalue weighted by Gasteiger charge is 2.45. The number of isocyanates is 1. The van der Waals surface area contributed by atoms with Crippen LogP contribution in [0.25, 0.3) is 0 Å². The fourth-order valence-electron chi connectivity index (χ4n) is 2.59. The summed E-state index contributed by atoms with van der Waals surface area (Å²) in [6.07, 6.45) is 4.68. The number of carbonyl (C=O) groups excluding carboxylic acids is 1. The standard InChI is InChI=1S/C10H16N2O2/c1-2-14-10-3-5-12(6-4-10)9(7-10)11-8-13/h9H,2-7H2,1H3. The minimum atomic E-state index is -0.00544. The first-order chi connectivity index (χ1) is 6.79. The molecule has 4 heteroatoms. The third-order valence-electron chi connectivity index (χ3n) is 3.34. The summed E-state index contributed by atoms with van der Waals surface area (Å²) in [6, 6.07) is 0. The maximum absolute atomic E-state index is 10.3. The molecule has 3 heterocycles. The number of aliphatic imine (C=N–C) groups is 1. The third-order valence-corrected chi connectivity index (χ3v) is 3.34. The normalized spacial score (nSPS) is 40.6. The Labute approximate surface area is 83.9 Å². The van der Waals surface area contributed by atoms with Gasteiger partial charge in [-0.3, -0.25) is 4.90 Å². The second kappa shape index (κ2) is 3.81. The fourth-order valence-corrected chi connectivity index (χ4v) is 2.59. The van der Waals surface area contributed by atoms with Crippen molar-refractivity contribution >= 4 is 6.08 Å². The summed E-state index contributed by atoms with van der Waals surface area (Å²) < 4.78 is 5.82. The van der Waals surface area contributed by atoms with Gasteiger partial charge in [-0.2, -0.15) is 4.99 Å². The predicted molar refractivity (Wildman–Crippen MR) is 51.7 cm³/mol. The Balaban J connectivity index is 2.10. The quantitative estimate of drug-likeness (QED) is 0.498. The van der Waals surface area contributed by atoms with Crippen LogP contribution in [0.5, 0.6) is 0 Å². The van der Waals surface area contributed by atoms with Gasteiger partial charge in [-0.1, -0.05) is 0 Å². The van der Waals surface area contributed by atoms with Crippen molar-refractivity contribution in [3.63, 3.8) is 0 Å². The van der Waals surface area contributed by atoms with Crippen molar-refractivity contribution in [2.75, 3.05) is 19.7 Å². The second-order valence-corrected chi connectivity index (χ2v) is 4.06. The highest BCUT2D eigenvalue weighted by molar-refractivity contribution is 5.33. The Morgan fingerprint density at radius 3 is 2.86 bits per heavy atom. The second-order valence-electron chi connectivity index (χ2n) is 4.06. The smallest absolute Gasteiger partial charge is 0.236 e. The largest absolute Gasteiger partial charge is 0.375 e. The maximum Gasteiger partial charge on any atom is 0.236 e. The molecule has 0 radical (unpaired) electrons. The predicted octanol–water partition coefficient (Wildman–Crippen LogP) is 0.923. The molecule has 3 aliphatic rings. The molecule has 2 bridgehead atoms. The first-order valence-corrected chi connectivity index (χ1v) is 5.25. The van der Waals surface area contributed by atoms with Crippen LogP contribution in [-0.4, -0.2) is 42.4 Å². The van der Waals surface area contributed by atoms with Crippen LogP contribution in [0, 0.1) is 0 Å². The monoisotopic (exact) mass is 196 g/mol. The molecular weight excluding hydrogens is 180 g/mol. The molecule has 14 heavy (non-hydrogen) atoms. The SMILES string of the molecule is CCOC12CCN(CC1)C(N=C=O)C2. The number of ether oxygens (including phenoxy) is 1. The van der Waals surface area contributed by atoms with E-state index in [-0.39, 0.29) is 11.8 Å². The van der Waals surface area contributed by atoms with E-state index in [1.54, 1.807) is 6.08 Å². The van der Waals surface area contributed by atoms with Gasteiger partial charge in [-0.05, 0) is 19.8 Å². The minimum Gasteiger partial charge on any atom is -0.375 e. The Bertz CT molecular complexity index is 247. The average Bonchev–Trinajstić information content (AvgIpc) is 2.20. The summed E-state index contributed by atoms with van der Waals surface area (Å²) in [7, 11) is 0. The van der Waals surface area contributed by atoms with E-state index in [1.165, 1.54) is 0 Å². The maximum atomic E-state index is 10.3. The Morgan fingerprint density at radius 2 is 2.29 bits per heavy atom. The lowest BCUT2D eigenvalue weighted by Gasteiger charge is -2.50. The molecule has 3 rings (SSSR count). The van der Waals surface area contributed by atoms with E-state index in [2.05, 4.69) is 9.89 Å². The van der Waals surface area contributed by atoms with Crippen molar-refractivity contribution in [3.8, 4) is 0 Å². The summed E-state index contributed by atoms with van der Waals surface area (Å²) >= 11 is 0. The lowest BCUT2D eigenvalue weighted by Crippen LogP contribution is -2.58. The van der Waals surface area contributed by atoms with E-state index in [9.17, 15) is 4.79 Å². The average molecular weight is 196 g/mol. The van der Waals surface area contributed by atoms with E-state index < -0.39 is 0 Å². The van der Waals surface area contributed by atoms with Crippen molar-refractivity contribution in [2.24, 2.45) is 4.99 Å². The molecule has 1 atom stereocenters. The van der Waals surface area contributed by atoms with Crippen LogP contribution in [0.3, 0.4) is 0 Å². The van der Waals surface area contributed by atoms with E-state index in [4.69, 9.17) is 4.74 Å². The molecular formula is C10H16N2O2. The van der Waals surface area contributed by atoms with Crippen LogP contribution < -0.4 is 0 Å². The van der Waals surface area contributed by atoms with Crippen LogP contribution in [0.4, 0.5) is 0 Å². The van der Waals surface area contributed by atoms with Crippen molar-refractivity contribution < 1.29 is 9.53 Å². The van der Waals surface area contributed by atoms with Gasteiger partial charge < -0.3 is 4.74 Å². The van der Waals surface area contributed by atoms with Gasteiger partial charge in [0.05, 0.1) is 5.60 Å². The highest BCUT2D eigenvalue weighted by atomic mass is 16.5. The van der Waals surface area contributed by atoms with Crippen LogP contribution in [0.15, 0.2) is 4.99 Å². The topological polar surface area (TPSA) is 41.9 Å². The molecule has 1 unspecified atom stereocenters. The molecule has 0 saturated carbocycles. The van der Waals surface area contributed by atoms with Crippen LogP contribution in [-0.2, 0) is 9.53 Å². The minimum absolute atomic E-state index is 0.00544. The van der Waals surface area contributed by atoms with Crippen LogP contribution in [0.2, 0.25) is 0 Å². The van der Waals surface area contributed by atoms with Gasteiger partial charge in [-0.25, -0.2) is 4.79 Å². The first kappa shape index (κ1) is 9.84. The highest BCUT2D eigenvalue weighted by Crippen LogP contribution is 2.38. The number of nitrogens with zero attached hydrogens (tertiary/aromatic N) is 2. The summed E-state index contributed by atoms with van der Waals surface area (Å²) in [5, 5.41) is 0. The number of fused-ring (bicyclic) bond motifs is 3. The van der Waals surface area contributed by atoms with Gasteiger partial charge in [-0.15, -0.1) is 0 Å². The molecule has 0 aromatic heterocycles. The van der Waals surface area contributed by atoms with Gasteiger partial charge in [0.15, 0.2) is 0 Å². The zero-order valence-electron chi connectivity index (χ0n) is 8.53. The molecule has 3 saturated heterocycles. The van der Waals surface area contributed by atoms with Gasteiger partial charge in [0, 0.05) is 26.1 Å². The fraction of sp³-hybridized carbons (Fsp3) is 0.900. The summed E-state index contributed by atoms with van der Waals surface area (Å²) in [5.74, 6) is 0. The Hall–Kier alpha value is -0.700. The van der Waals surface area contributed by atoms with Gasteiger partial charge >= 0.3 is 0 Å². The number of hydrogen-bond donors (Lipinski definition) is 0. The van der Waals surface area contributed by atoms with E-state index in [0.717, 1.165) is 39.0 Å². The molecule has 0 aromatic rings. The van der Waals surface area contributed by atoms with Gasteiger partial charge in [0.25, 0.3) is 0 Å². The molecule has 0 aromatic carbocycles. The lowest BCUT2D eigenvalue weighted by molar-refractivity contribution is -0.136. The van der Waals surface area contributed by atoms with E-state index in [1.807, 2.05) is 6.92 Å². The van der Waals surface area contributed by atoms with Crippen molar-refractivity contribution in [1.29, 1.82) is 0 Å². The van der Waals surface area contributed by atoms with Crippen molar-refractivity contribution in [1.82, 2.24) is 4.90 Å². The molecule has 4 nitrogen and oxygen atoms in total. The summed E-state index contributed by atoms with van der Waals surface area (Å²) in [4.78, 5) is 16.3. The van der Waals surface area contributed by atoms with E-state index in [0.29, 0.717) is 0 Å². The zero-order valence-corrected chi connectivity index (χ0v) is 8.53. The lowest BCUT2D eigenvalue weighted by atomic mass is 9.81. The molecule has 0 amide bonds. The summed E-state index contributed by atoms with van der Waals surface area (Å²) in [5.41, 5.74) is -0.00544. The van der Waals surface area contributed by atoms with Gasteiger partial charge in [0.1, 0.15) is 6.17 Å². The Kier molecular flexibility index (Phi) is 2.68. The van der Waals surface area contributed by atoms with E-state index >= 15 is 0 Å².